The number of aromatic nitrogens is 1. The third-order valence-corrected chi connectivity index (χ3v) is 4.36. The zero-order valence-electron chi connectivity index (χ0n) is 18.6. The van der Waals surface area contributed by atoms with Crippen molar-refractivity contribution in [3.05, 3.63) is 23.9 Å². The summed E-state index contributed by atoms with van der Waals surface area (Å²) in [4.78, 5) is 20.9. The van der Waals surface area contributed by atoms with Crippen LogP contribution in [0.5, 0.6) is 5.88 Å². The summed E-state index contributed by atoms with van der Waals surface area (Å²) < 4.78 is 10.6. The number of aliphatic imine (C=N–C) groups is 1. The Labute approximate surface area is 191 Å². The Kier molecular flexibility index (Phi) is 11.9. The average molecular weight is 521 g/mol. The molecule has 0 aromatic carbocycles. The molecule has 9 heteroatoms. The molecule has 0 saturated heterocycles. The Morgan fingerprint density at radius 1 is 1.17 bits per heavy atom. The Bertz CT molecular complexity index is 658. The molecule has 1 heterocycles. The lowest BCUT2D eigenvalue weighted by molar-refractivity contribution is 0.0448. The standard InChI is InChI=1S/C20H35N5O3.HI/c1-8-20(9-2,25-18(26)28-19(3,4)5)14-23-17(21-6)22-13-15-11-10-12-16(24-15)27-7;/h10-12H,8-9,13-14H2,1-7H3,(H,25,26)(H2,21,22,23);1H. The lowest BCUT2D eigenvalue weighted by Crippen LogP contribution is -2.57. The molecular formula is C20H36IN5O3. The molecule has 1 aromatic heterocycles. The smallest absolute Gasteiger partial charge is 0.408 e. The van der Waals surface area contributed by atoms with Crippen molar-refractivity contribution in [2.24, 2.45) is 4.99 Å². The molecule has 0 saturated carbocycles. The van der Waals surface area contributed by atoms with E-state index in [1.165, 1.54) is 0 Å². The zero-order chi connectivity index (χ0) is 21.2. The van der Waals surface area contributed by atoms with Gasteiger partial charge >= 0.3 is 6.09 Å². The van der Waals surface area contributed by atoms with Crippen molar-refractivity contribution in [2.75, 3.05) is 20.7 Å². The zero-order valence-corrected chi connectivity index (χ0v) is 20.9. The summed E-state index contributed by atoms with van der Waals surface area (Å²) in [6, 6.07) is 5.61. The maximum Gasteiger partial charge on any atom is 0.408 e. The molecule has 0 aliphatic rings. The molecule has 0 spiro atoms. The van der Waals surface area contributed by atoms with Crippen LogP contribution >= 0.6 is 24.0 Å². The number of nitrogens with one attached hydrogen (secondary N) is 3. The van der Waals surface area contributed by atoms with Gasteiger partial charge in [0, 0.05) is 19.7 Å². The van der Waals surface area contributed by atoms with E-state index in [0.717, 1.165) is 18.5 Å². The number of hydrogen-bond donors (Lipinski definition) is 3. The number of halogens is 1. The number of alkyl carbamates (subject to hydrolysis) is 1. The predicted molar refractivity (Wildman–Crippen MR) is 127 cm³/mol. The van der Waals surface area contributed by atoms with Crippen LogP contribution < -0.4 is 20.7 Å². The molecule has 0 radical (unpaired) electrons. The first kappa shape index (κ1) is 27.2. The number of amides is 1. The van der Waals surface area contributed by atoms with Crippen LogP contribution in [0.4, 0.5) is 4.79 Å². The number of guanidine groups is 1. The van der Waals surface area contributed by atoms with Crippen LogP contribution in [0.15, 0.2) is 23.2 Å². The second-order valence-corrected chi connectivity index (χ2v) is 7.56. The highest BCUT2D eigenvalue weighted by Gasteiger charge is 2.30. The number of ether oxygens (including phenoxy) is 2. The van der Waals surface area contributed by atoms with Gasteiger partial charge in [-0.05, 0) is 39.7 Å². The number of carbonyl (C=O) groups excluding carboxylic acids is 1. The molecule has 1 rings (SSSR count). The third kappa shape index (κ3) is 10.00. The monoisotopic (exact) mass is 521 g/mol. The van der Waals surface area contributed by atoms with E-state index in [0.29, 0.717) is 24.9 Å². The highest BCUT2D eigenvalue weighted by atomic mass is 127. The maximum absolute atomic E-state index is 12.3. The highest BCUT2D eigenvalue weighted by Crippen LogP contribution is 2.16. The van der Waals surface area contributed by atoms with Crippen LogP contribution in [0.3, 0.4) is 0 Å². The lowest BCUT2D eigenvalue weighted by atomic mass is 9.93. The van der Waals surface area contributed by atoms with Gasteiger partial charge in [-0.25, -0.2) is 9.78 Å². The van der Waals surface area contributed by atoms with E-state index in [-0.39, 0.29) is 24.0 Å². The van der Waals surface area contributed by atoms with Crippen molar-refractivity contribution >= 4 is 36.0 Å². The van der Waals surface area contributed by atoms with Gasteiger partial charge in [0.1, 0.15) is 5.60 Å². The van der Waals surface area contributed by atoms with Crippen molar-refractivity contribution in [2.45, 2.75) is 65.1 Å². The molecule has 8 nitrogen and oxygen atoms in total. The molecule has 3 N–H and O–H groups in total. The van der Waals surface area contributed by atoms with Gasteiger partial charge in [0.15, 0.2) is 5.96 Å². The normalized spacial score (nSPS) is 11.9. The fourth-order valence-corrected chi connectivity index (χ4v) is 2.56. The molecule has 0 bridgehead atoms. The molecular weight excluding hydrogens is 485 g/mol. The van der Waals surface area contributed by atoms with Crippen molar-refractivity contribution < 1.29 is 14.3 Å². The Morgan fingerprint density at radius 3 is 2.34 bits per heavy atom. The van der Waals surface area contributed by atoms with Gasteiger partial charge in [-0.2, -0.15) is 0 Å². The van der Waals surface area contributed by atoms with Crippen molar-refractivity contribution in [1.82, 2.24) is 20.9 Å². The van der Waals surface area contributed by atoms with Gasteiger partial charge in [0.2, 0.25) is 5.88 Å². The van der Waals surface area contributed by atoms with E-state index < -0.39 is 17.2 Å². The Balaban J connectivity index is 0.00000784. The first-order chi connectivity index (χ1) is 13.2. The van der Waals surface area contributed by atoms with Crippen LogP contribution in [0.1, 0.15) is 53.2 Å². The number of nitrogens with zero attached hydrogens (tertiary/aromatic N) is 2. The number of hydrogen-bond acceptors (Lipinski definition) is 5. The van der Waals surface area contributed by atoms with E-state index in [2.05, 4.69) is 25.9 Å². The third-order valence-electron chi connectivity index (χ3n) is 4.36. The van der Waals surface area contributed by atoms with Crippen molar-refractivity contribution in [1.29, 1.82) is 0 Å². The molecule has 1 amide bonds. The van der Waals surface area contributed by atoms with E-state index in [4.69, 9.17) is 9.47 Å². The highest BCUT2D eigenvalue weighted by molar-refractivity contribution is 14.0. The summed E-state index contributed by atoms with van der Waals surface area (Å²) >= 11 is 0. The van der Waals surface area contributed by atoms with Crippen LogP contribution in [0.2, 0.25) is 0 Å². The fourth-order valence-electron chi connectivity index (χ4n) is 2.56. The lowest BCUT2D eigenvalue weighted by Gasteiger charge is -2.34. The van der Waals surface area contributed by atoms with Gasteiger partial charge in [-0.15, -0.1) is 24.0 Å². The minimum atomic E-state index is -0.536. The molecule has 0 fully saturated rings. The molecule has 0 unspecified atom stereocenters. The minimum absolute atomic E-state index is 0. The fraction of sp³-hybridized carbons (Fsp3) is 0.650. The summed E-state index contributed by atoms with van der Waals surface area (Å²) in [5, 5.41) is 9.53. The SMILES string of the molecule is CCC(CC)(CNC(=NC)NCc1cccc(OC)n1)NC(=O)OC(C)(C)C.I. The molecule has 0 aliphatic heterocycles. The number of carbonyl (C=O) groups is 1. The number of rotatable bonds is 8. The van der Waals surface area contributed by atoms with Gasteiger partial charge in [-0.1, -0.05) is 19.9 Å². The van der Waals surface area contributed by atoms with Gasteiger partial charge in [0.25, 0.3) is 0 Å². The Hall–Kier alpha value is -1.78. The van der Waals surface area contributed by atoms with Crippen molar-refractivity contribution in [3.63, 3.8) is 0 Å². The van der Waals surface area contributed by atoms with Crippen LogP contribution in [-0.4, -0.2) is 48.9 Å². The minimum Gasteiger partial charge on any atom is -0.481 e. The van der Waals surface area contributed by atoms with Crippen LogP contribution in [0.25, 0.3) is 0 Å². The summed E-state index contributed by atoms with van der Waals surface area (Å²) in [5.41, 5.74) is -0.133. The van der Waals surface area contributed by atoms with E-state index in [1.54, 1.807) is 20.2 Å². The topological polar surface area (TPSA) is 96.9 Å². The Morgan fingerprint density at radius 2 is 1.83 bits per heavy atom. The number of methoxy groups -OCH3 is 1. The molecule has 29 heavy (non-hydrogen) atoms. The van der Waals surface area contributed by atoms with Gasteiger partial charge in [0.05, 0.1) is 24.9 Å². The summed E-state index contributed by atoms with van der Waals surface area (Å²) in [7, 11) is 3.29. The van der Waals surface area contributed by atoms with E-state index in [9.17, 15) is 4.79 Å². The predicted octanol–water partition coefficient (Wildman–Crippen LogP) is 3.46. The van der Waals surface area contributed by atoms with E-state index >= 15 is 0 Å². The first-order valence-electron chi connectivity index (χ1n) is 9.62. The van der Waals surface area contributed by atoms with Crippen molar-refractivity contribution in [3.8, 4) is 5.88 Å². The molecule has 0 atom stereocenters. The summed E-state index contributed by atoms with van der Waals surface area (Å²) in [5.74, 6) is 1.20. The molecule has 1 aromatic rings. The molecule has 166 valence electrons. The summed E-state index contributed by atoms with van der Waals surface area (Å²) in [6.45, 7) is 10.7. The van der Waals surface area contributed by atoms with Crippen LogP contribution in [-0.2, 0) is 11.3 Å². The molecule has 0 aliphatic carbocycles. The van der Waals surface area contributed by atoms with Gasteiger partial charge in [-0.3, -0.25) is 4.99 Å². The second-order valence-electron chi connectivity index (χ2n) is 7.56. The van der Waals surface area contributed by atoms with E-state index in [1.807, 2.05) is 46.8 Å². The van der Waals surface area contributed by atoms with Gasteiger partial charge < -0.3 is 25.4 Å². The van der Waals surface area contributed by atoms with Crippen LogP contribution in [0, 0.1) is 0 Å². The largest absolute Gasteiger partial charge is 0.481 e. The number of pyridine rings is 1. The maximum atomic E-state index is 12.3. The first-order valence-corrected chi connectivity index (χ1v) is 9.62. The average Bonchev–Trinajstić information content (AvgIpc) is 2.65. The second kappa shape index (κ2) is 12.7. The summed E-state index contributed by atoms with van der Waals surface area (Å²) in [6.07, 6.45) is 1.09. The quantitative estimate of drug-likeness (QED) is 0.276.